The predicted molar refractivity (Wildman–Crippen MR) is 98.4 cm³/mol. The van der Waals surface area contributed by atoms with Gasteiger partial charge in [0.2, 0.25) is 0 Å². The second-order valence-corrected chi connectivity index (χ2v) is 6.32. The molecule has 0 unspecified atom stereocenters. The van der Waals surface area contributed by atoms with Crippen molar-refractivity contribution < 1.29 is 19.2 Å². The molecule has 0 fully saturated rings. The Morgan fingerprint density at radius 2 is 1.23 bits per heavy atom. The van der Waals surface area contributed by atoms with Gasteiger partial charge in [0.25, 0.3) is 0 Å². The van der Waals surface area contributed by atoms with E-state index >= 15 is 0 Å². The van der Waals surface area contributed by atoms with Crippen LogP contribution < -0.4 is 5.73 Å². The summed E-state index contributed by atoms with van der Waals surface area (Å²) in [4.78, 5) is 48.6. The predicted octanol–water partition coefficient (Wildman–Crippen LogP) is 2.60. The van der Waals surface area contributed by atoms with Gasteiger partial charge in [0.1, 0.15) is 11.6 Å². The highest BCUT2D eigenvalue weighted by Gasteiger charge is 2.44. The van der Waals surface area contributed by atoms with Crippen LogP contribution in [0.3, 0.4) is 0 Å². The SMILES string of the molecule is CC(=O)CC(=O)C(N)(C(=O)CC(C)=O)c1ccccc1-c1ccccc1. The van der Waals surface area contributed by atoms with Crippen molar-refractivity contribution in [3.8, 4) is 11.1 Å². The Labute approximate surface area is 152 Å². The van der Waals surface area contributed by atoms with Crippen molar-refractivity contribution in [2.75, 3.05) is 0 Å². The van der Waals surface area contributed by atoms with Gasteiger partial charge < -0.3 is 5.73 Å². The Balaban J connectivity index is 2.67. The summed E-state index contributed by atoms with van der Waals surface area (Å²) in [6.45, 7) is 2.52. The molecular formula is C21H21NO4. The number of carbonyl (C=O) groups excluding carboxylic acids is 4. The molecule has 0 aromatic heterocycles. The van der Waals surface area contributed by atoms with E-state index in [1.807, 2.05) is 30.3 Å². The minimum atomic E-state index is -2.05. The molecule has 5 nitrogen and oxygen atoms in total. The molecule has 0 bridgehead atoms. The smallest absolute Gasteiger partial charge is 0.172 e. The van der Waals surface area contributed by atoms with Crippen molar-refractivity contribution in [2.45, 2.75) is 32.2 Å². The van der Waals surface area contributed by atoms with Crippen LogP contribution in [0.4, 0.5) is 0 Å². The third-order valence-corrected chi connectivity index (χ3v) is 4.14. The first-order valence-corrected chi connectivity index (χ1v) is 8.26. The second kappa shape index (κ2) is 7.97. The Morgan fingerprint density at radius 3 is 1.73 bits per heavy atom. The fraction of sp³-hybridized carbons (Fsp3) is 0.238. The summed E-state index contributed by atoms with van der Waals surface area (Å²) >= 11 is 0. The van der Waals surface area contributed by atoms with Gasteiger partial charge in [-0.3, -0.25) is 19.2 Å². The molecule has 0 aliphatic rings. The van der Waals surface area contributed by atoms with E-state index in [-0.39, 0.29) is 0 Å². The minimum Gasteiger partial charge on any atom is -0.309 e. The van der Waals surface area contributed by atoms with Crippen LogP contribution in [0.5, 0.6) is 0 Å². The fourth-order valence-corrected chi connectivity index (χ4v) is 2.88. The van der Waals surface area contributed by atoms with Gasteiger partial charge in [0.05, 0.1) is 12.8 Å². The monoisotopic (exact) mass is 351 g/mol. The molecule has 2 N–H and O–H groups in total. The van der Waals surface area contributed by atoms with Gasteiger partial charge >= 0.3 is 0 Å². The highest BCUT2D eigenvalue weighted by molar-refractivity contribution is 6.20. The molecule has 2 rings (SSSR count). The molecule has 2 aromatic carbocycles. The molecule has 0 aliphatic carbocycles. The summed E-state index contributed by atoms with van der Waals surface area (Å²) in [5, 5.41) is 0. The summed E-state index contributed by atoms with van der Waals surface area (Å²) in [6.07, 6.45) is -0.938. The van der Waals surface area contributed by atoms with Crippen LogP contribution in [0.15, 0.2) is 54.6 Å². The number of Topliss-reactive ketones (excluding diaryl/α,β-unsaturated/α-hetero) is 4. The molecule has 0 heterocycles. The van der Waals surface area contributed by atoms with Crippen LogP contribution >= 0.6 is 0 Å². The van der Waals surface area contributed by atoms with Gasteiger partial charge in [0.15, 0.2) is 17.1 Å². The molecular weight excluding hydrogens is 330 g/mol. The summed E-state index contributed by atoms with van der Waals surface area (Å²) in [6, 6.07) is 16.0. The van der Waals surface area contributed by atoms with Crippen LogP contribution in [0.25, 0.3) is 11.1 Å². The molecule has 26 heavy (non-hydrogen) atoms. The zero-order chi connectivity index (χ0) is 19.3. The average Bonchev–Trinajstić information content (AvgIpc) is 2.60. The van der Waals surface area contributed by atoms with Gasteiger partial charge in [-0.2, -0.15) is 0 Å². The molecule has 0 aliphatic heterocycles. The Morgan fingerprint density at radius 1 is 0.769 bits per heavy atom. The minimum absolute atomic E-state index is 0.295. The molecule has 0 atom stereocenters. The maximum Gasteiger partial charge on any atom is 0.172 e. The molecule has 0 saturated carbocycles. The van der Waals surface area contributed by atoms with E-state index in [2.05, 4.69) is 0 Å². The maximum absolute atomic E-state index is 12.8. The maximum atomic E-state index is 12.8. The standard InChI is InChI=1S/C21H21NO4/c1-14(23)12-19(25)21(22,20(26)13-15(2)24)18-11-7-6-10-17(18)16-8-4-3-5-9-16/h3-11H,12-13,22H2,1-2H3. The molecule has 5 heteroatoms. The van der Waals surface area contributed by atoms with E-state index in [9.17, 15) is 19.2 Å². The number of hydrogen-bond acceptors (Lipinski definition) is 5. The number of ketones is 4. The van der Waals surface area contributed by atoms with Gasteiger partial charge in [-0.1, -0.05) is 54.6 Å². The summed E-state index contributed by atoms with van der Waals surface area (Å²) in [7, 11) is 0. The summed E-state index contributed by atoms with van der Waals surface area (Å²) in [5.74, 6) is -2.20. The quantitative estimate of drug-likeness (QED) is 0.738. The van der Waals surface area contributed by atoms with Crippen molar-refractivity contribution >= 4 is 23.1 Å². The van der Waals surface area contributed by atoms with Crippen molar-refractivity contribution in [1.29, 1.82) is 0 Å². The first-order chi connectivity index (χ1) is 12.3. The zero-order valence-electron chi connectivity index (χ0n) is 14.8. The molecule has 0 saturated heterocycles. The largest absolute Gasteiger partial charge is 0.309 e. The molecule has 0 amide bonds. The zero-order valence-corrected chi connectivity index (χ0v) is 14.8. The van der Waals surface area contributed by atoms with Crippen molar-refractivity contribution in [1.82, 2.24) is 0 Å². The van der Waals surface area contributed by atoms with Crippen LogP contribution in [0.2, 0.25) is 0 Å². The van der Waals surface area contributed by atoms with Crippen molar-refractivity contribution in [2.24, 2.45) is 5.73 Å². The first-order valence-electron chi connectivity index (χ1n) is 8.26. The number of nitrogens with two attached hydrogens (primary N) is 1. The number of rotatable bonds is 8. The highest BCUT2D eigenvalue weighted by atomic mass is 16.2. The lowest BCUT2D eigenvalue weighted by Gasteiger charge is -2.29. The highest BCUT2D eigenvalue weighted by Crippen LogP contribution is 2.33. The van der Waals surface area contributed by atoms with Crippen LogP contribution in [-0.2, 0) is 24.7 Å². The summed E-state index contributed by atoms with van der Waals surface area (Å²) < 4.78 is 0. The molecule has 0 spiro atoms. The van der Waals surface area contributed by atoms with E-state index in [1.165, 1.54) is 13.8 Å². The Kier molecular flexibility index (Phi) is 5.95. The lowest BCUT2D eigenvalue weighted by Crippen LogP contribution is -2.53. The lowest BCUT2D eigenvalue weighted by atomic mass is 9.76. The van der Waals surface area contributed by atoms with Gasteiger partial charge in [-0.25, -0.2) is 0 Å². The average molecular weight is 351 g/mol. The molecule has 0 radical (unpaired) electrons. The number of carbonyl (C=O) groups is 4. The third-order valence-electron chi connectivity index (χ3n) is 4.14. The van der Waals surface area contributed by atoms with Crippen molar-refractivity contribution in [3.05, 3.63) is 60.2 Å². The van der Waals surface area contributed by atoms with Gasteiger partial charge in [0, 0.05) is 0 Å². The van der Waals surface area contributed by atoms with Crippen molar-refractivity contribution in [3.63, 3.8) is 0 Å². The van der Waals surface area contributed by atoms with Gasteiger partial charge in [-0.05, 0) is 30.5 Å². The molecule has 134 valence electrons. The van der Waals surface area contributed by atoms with Crippen LogP contribution in [-0.4, -0.2) is 23.1 Å². The second-order valence-electron chi connectivity index (χ2n) is 6.32. The fourth-order valence-electron chi connectivity index (χ4n) is 2.88. The van der Waals surface area contributed by atoms with E-state index in [1.54, 1.807) is 24.3 Å². The van der Waals surface area contributed by atoms with E-state index in [0.717, 1.165) is 5.56 Å². The third kappa shape index (κ3) is 4.00. The van der Waals surface area contributed by atoms with Gasteiger partial charge in [-0.15, -0.1) is 0 Å². The lowest BCUT2D eigenvalue weighted by molar-refractivity contribution is -0.137. The van der Waals surface area contributed by atoms with E-state index < -0.39 is 41.5 Å². The summed E-state index contributed by atoms with van der Waals surface area (Å²) in [5.41, 5.74) is 5.98. The van der Waals surface area contributed by atoms with E-state index in [4.69, 9.17) is 5.73 Å². The number of hydrogen-bond donors (Lipinski definition) is 1. The van der Waals surface area contributed by atoms with Crippen LogP contribution in [0, 0.1) is 0 Å². The number of benzene rings is 2. The van der Waals surface area contributed by atoms with E-state index in [0.29, 0.717) is 11.1 Å². The molecule has 2 aromatic rings. The Hall–Kier alpha value is -2.92. The van der Waals surface area contributed by atoms with Crippen LogP contribution in [0.1, 0.15) is 32.3 Å². The first kappa shape index (κ1) is 19.4. The normalized spacial score (nSPS) is 11.0. The topological polar surface area (TPSA) is 94.3 Å². The Bertz CT molecular complexity index is 827.